The standard InChI is InChI=1S/C14H13NO2S/c1-15(14(16)18)11-7-9-13(10-8-11)17-12-5-3-2-4-6-12/h2-10H,1H3,(H,16,18). The van der Waals surface area contributed by atoms with Crippen LogP contribution in [0.3, 0.4) is 0 Å². The average Bonchev–Trinajstić information content (AvgIpc) is 2.40. The number of benzene rings is 2. The molecule has 2 aromatic rings. The third-order valence-electron chi connectivity index (χ3n) is 2.49. The van der Waals surface area contributed by atoms with Gasteiger partial charge in [0.25, 0.3) is 5.24 Å². The number of amides is 1. The minimum atomic E-state index is -0.299. The maximum atomic E-state index is 11.1. The highest BCUT2D eigenvalue weighted by atomic mass is 32.1. The first-order valence-corrected chi connectivity index (χ1v) is 5.91. The fourth-order valence-corrected chi connectivity index (χ4v) is 1.59. The summed E-state index contributed by atoms with van der Waals surface area (Å²) >= 11 is 3.77. The van der Waals surface area contributed by atoms with Crippen molar-refractivity contribution in [3.63, 3.8) is 0 Å². The molecule has 92 valence electrons. The minimum absolute atomic E-state index is 0.299. The van der Waals surface area contributed by atoms with E-state index in [-0.39, 0.29) is 5.24 Å². The molecule has 3 nitrogen and oxygen atoms in total. The molecule has 0 aliphatic carbocycles. The normalized spacial score (nSPS) is 9.89. The molecule has 0 aromatic heterocycles. The van der Waals surface area contributed by atoms with Gasteiger partial charge in [0.1, 0.15) is 11.5 Å². The van der Waals surface area contributed by atoms with Gasteiger partial charge in [-0.3, -0.25) is 4.79 Å². The lowest BCUT2D eigenvalue weighted by Crippen LogP contribution is -2.19. The molecule has 0 atom stereocenters. The maximum Gasteiger partial charge on any atom is 0.282 e. The Morgan fingerprint density at radius 3 is 2.11 bits per heavy atom. The van der Waals surface area contributed by atoms with Crippen LogP contribution in [0.25, 0.3) is 0 Å². The topological polar surface area (TPSA) is 29.5 Å². The summed E-state index contributed by atoms with van der Waals surface area (Å²) < 4.78 is 5.65. The van der Waals surface area contributed by atoms with Gasteiger partial charge in [0.15, 0.2) is 0 Å². The van der Waals surface area contributed by atoms with Gasteiger partial charge in [-0.2, -0.15) is 0 Å². The fourth-order valence-electron chi connectivity index (χ4n) is 1.47. The Morgan fingerprint density at radius 1 is 1.00 bits per heavy atom. The Bertz CT molecular complexity index is 525. The van der Waals surface area contributed by atoms with Crippen molar-refractivity contribution >= 4 is 23.6 Å². The molecule has 0 N–H and O–H groups in total. The Kier molecular flexibility index (Phi) is 3.89. The summed E-state index contributed by atoms with van der Waals surface area (Å²) in [6.45, 7) is 0. The summed E-state index contributed by atoms with van der Waals surface area (Å²) in [7, 11) is 1.67. The molecule has 0 heterocycles. The summed E-state index contributed by atoms with van der Waals surface area (Å²) in [5, 5.41) is -0.299. The van der Waals surface area contributed by atoms with Crippen molar-refractivity contribution in [1.82, 2.24) is 0 Å². The number of carbonyl (C=O) groups is 1. The van der Waals surface area contributed by atoms with Gasteiger partial charge in [-0.05, 0) is 36.4 Å². The monoisotopic (exact) mass is 259 g/mol. The molecular formula is C14H13NO2S. The van der Waals surface area contributed by atoms with Crippen LogP contribution in [0.15, 0.2) is 54.6 Å². The molecule has 2 rings (SSSR count). The second kappa shape index (κ2) is 5.60. The molecule has 0 radical (unpaired) electrons. The Hall–Kier alpha value is -1.94. The van der Waals surface area contributed by atoms with Gasteiger partial charge in [0.2, 0.25) is 0 Å². The number of thiol groups is 1. The smallest absolute Gasteiger partial charge is 0.282 e. The lowest BCUT2D eigenvalue weighted by molar-refractivity contribution is 0.266. The van der Waals surface area contributed by atoms with Crippen LogP contribution in [0.1, 0.15) is 0 Å². The predicted molar refractivity (Wildman–Crippen MR) is 75.7 cm³/mol. The number of carbonyl (C=O) groups excluding carboxylic acids is 1. The molecule has 0 saturated heterocycles. The summed E-state index contributed by atoms with van der Waals surface area (Å²) in [5.41, 5.74) is 0.774. The first-order valence-electron chi connectivity index (χ1n) is 5.46. The van der Waals surface area contributed by atoms with Crippen molar-refractivity contribution < 1.29 is 9.53 Å². The lowest BCUT2D eigenvalue weighted by Gasteiger charge is -2.14. The molecule has 0 aliphatic heterocycles. The SMILES string of the molecule is CN(C(=O)S)c1ccc(Oc2ccccc2)cc1. The van der Waals surface area contributed by atoms with Crippen molar-refractivity contribution in [3.8, 4) is 11.5 Å². The van der Waals surface area contributed by atoms with Crippen LogP contribution in [0.5, 0.6) is 11.5 Å². The summed E-state index contributed by atoms with van der Waals surface area (Å²) in [6, 6.07) is 16.8. The van der Waals surface area contributed by atoms with Crippen molar-refractivity contribution in [2.45, 2.75) is 0 Å². The van der Waals surface area contributed by atoms with Gasteiger partial charge < -0.3 is 9.64 Å². The zero-order valence-corrected chi connectivity index (χ0v) is 10.8. The van der Waals surface area contributed by atoms with Crippen LogP contribution < -0.4 is 9.64 Å². The van der Waals surface area contributed by atoms with Crippen molar-refractivity contribution in [1.29, 1.82) is 0 Å². The van der Waals surface area contributed by atoms with E-state index in [1.165, 1.54) is 4.90 Å². The molecule has 18 heavy (non-hydrogen) atoms. The van der Waals surface area contributed by atoms with E-state index in [0.29, 0.717) is 0 Å². The number of hydrogen-bond acceptors (Lipinski definition) is 2. The largest absolute Gasteiger partial charge is 0.457 e. The molecule has 4 heteroatoms. The minimum Gasteiger partial charge on any atom is -0.457 e. The van der Waals surface area contributed by atoms with Crippen LogP contribution in [-0.2, 0) is 0 Å². The molecule has 2 aromatic carbocycles. The Balaban J connectivity index is 2.11. The highest BCUT2D eigenvalue weighted by Gasteiger charge is 2.06. The van der Waals surface area contributed by atoms with Crippen LogP contribution >= 0.6 is 12.6 Å². The molecule has 1 amide bonds. The number of nitrogens with zero attached hydrogens (tertiary/aromatic N) is 1. The molecule has 0 spiro atoms. The van der Waals surface area contributed by atoms with Gasteiger partial charge in [-0.25, -0.2) is 0 Å². The zero-order chi connectivity index (χ0) is 13.0. The van der Waals surface area contributed by atoms with Crippen molar-refractivity contribution in [2.75, 3.05) is 11.9 Å². The van der Waals surface area contributed by atoms with E-state index in [0.717, 1.165) is 17.2 Å². The molecule has 0 unspecified atom stereocenters. The van der Waals surface area contributed by atoms with E-state index in [2.05, 4.69) is 12.6 Å². The van der Waals surface area contributed by atoms with E-state index >= 15 is 0 Å². The summed E-state index contributed by atoms with van der Waals surface area (Å²) in [6.07, 6.45) is 0. The number of anilines is 1. The van der Waals surface area contributed by atoms with E-state index in [1.54, 1.807) is 7.05 Å². The molecule has 0 aliphatic rings. The van der Waals surface area contributed by atoms with Crippen LogP contribution in [0.4, 0.5) is 10.5 Å². The van der Waals surface area contributed by atoms with Gasteiger partial charge in [-0.15, -0.1) is 0 Å². The maximum absolute atomic E-state index is 11.1. The van der Waals surface area contributed by atoms with E-state index in [4.69, 9.17) is 4.74 Å². The Labute approximate surface area is 111 Å². The summed E-state index contributed by atoms with van der Waals surface area (Å²) in [4.78, 5) is 12.5. The molecule has 0 bridgehead atoms. The van der Waals surface area contributed by atoms with Gasteiger partial charge in [0, 0.05) is 12.7 Å². The van der Waals surface area contributed by atoms with Gasteiger partial charge >= 0.3 is 0 Å². The quantitative estimate of drug-likeness (QED) is 0.845. The first-order chi connectivity index (χ1) is 8.66. The highest BCUT2D eigenvalue weighted by molar-refractivity contribution is 7.96. The van der Waals surface area contributed by atoms with Crippen LogP contribution in [0, 0.1) is 0 Å². The summed E-state index contributed by atoms with van der Waals surface area (Å²) in [5.74, 6) is 1.51. The van der Waals surface area contributed by atoms with Crippen molar-refractivity contribution in [2.24, 2.45) is 0 Å². The van der Waals surface area contributed by atoms with Crippen LogP contribution in [-0.4, -0.2) is 12.3 Å². The zero-order valence-electron chi connectivity index (χ0n) is 9.91. The third-order valence-corrected chi connectivity index (χ3v) is 2.79. The van der Waals surface area contributed by atoms with E-state index < -0.39 is 0 Å². The molecule has 0 saturated carbocycles. The third kappa shape index (κ3) is 3.05. The highest BCUT2D eigenvalue weighted by Crippen LogP contribution is 2.24. The second-order valence-corrected chi connectivity index (χ2v) is 4.13. The predicted octanol–water partition coefficient (Wildman–Crippen LogP) is 3.96. The fraction of sp³-hybridized carbons (Fsp3) is 0.0714. The van der Waals surface area contributed by atoms with Crippen LogP contribution in [0.2, 0.25) is 0 Å². The number of hydrogen-bond donors (Lipinski definition) is 1. The lowest BCUT2D eigenvalue weighted by atomic mass is 10.3. The molecular weight excluding hydrogens is 246 g/mol. The second-order valence-electron chi connectivity index (χ2n) is 3.75. The average molecular weight is 259 g/mol. The number of rotatable bonds is 3. The number of ether oxygens (including phenoxy) is 1. The Morgan fingerprint density at radius 2 is 1.56 bits per heavy atom. The first kappa shape index (κ1) is 12.5. The number of para-hydroxylation sites is 1. The van der Waals surface area contributed by atoms with Gasteiger partial charge in [-0.1, -0.05) is 30.8 Å². The van der Waals surface area contributed by atoms with Gasteiger partial charge in [0.05, 0.1) is 0 Å². The van der Waals surface area contributed by atoms with E-state index in [9.17, 15) is 4.79 Å². The van der Waals surface area contributed by atoms with E-state index in [1.807, 2.05) is 54.6 Å². The van der Waals surface area contributed by atoms with Crippen molar-refractivity contribution in [3.05, 3.63) is 54.6 Å². The molecule has 0 fully saturated rings.